The third-order valence-corrected chi connectivity index (χ3v) is 12.8. The Morgan fingerprint density at radius 2 is 0.911 bits per heavy atom. The monoisotopic (exact) mass is 1160 g/mol. The quantitative estimate of drug-likeness (QED) is 0.0600. The molecule has 2 aromatic heterocycles. The van der Waals surface area contributed by atoms with Crippen molar-refractivity contribution in [1.82, 2.24) is 0 Å². The molecule has 0 atom stereocenters. The summed E-state index contributed by atoms with van der Waals surface area (Å²) in [5.41, 5.74) is -2.10. The molecule has 23 heteroatoms. The van der Waals surface area contributed by atoms with Crippen LogP contribution in [0.1, 0.15) is 57.3 Å². The number of aryl methyl sites for hydroxylation is 4. The van der Waals surface area contributed by atoms with Gasteiger partial charge in [-0.25, -0.2) is 18.4 Å². The van der Waals surface area contributed by atoms with Gasteiger partial charge in [0.1, 0.15) is 22.8 Å². The van der Waals surface area contributed by atoms with Gasteiger partial charge in [0.05, 0.1) is 46.5 Å². The number of halogens is 10. The average Bonchev–Trinajstić information content (AvgIpc) is 3.47. The maximum atomic E-state index is 13.5. The van der Waals surface area contributed by atoms with E-state index in [1.54, 1.807) is 86.6 Å². The van der Waals surface area contributed by atoms with E-state index in [-0.39, 0.29) is 109 Å². The van der Waals surface area contributed by atoms with Crippen molar-refractivity contribution in [2.45, 2.75) is 64.7 Å². The molecule has 0 aliphatic carbocycles. The van der Waals surface area contributed by atoms with Crippen molar-refractivity contribution in [2.75, 3.05) is 10.6 Å². The first-order chi connectivity index (χ1) is 36.7. The molecule has 79 heavy (non-hydrogen) atoms. The summed E-state index contributed by atoms with van der Waals surface area (Å²) >= 11 is 12.7. The van der Waals surface area contributed by atoms with Crippen LogP contribution in [0.5, 0.6) is 0 Å². The van der Waals surface area contributed by atoms with Crippen LogP contribution in [-0.2, 0) is 57.2 Å². The number of carbonyl (C=O) groups excluding carboxylic acids is 4. The molecule has 2 N–H and O–H groups in total. The minimum atomic E-state index is -4.95. The minimum absolute atomic E-state index is 0. The molecule has 0 unspecified atom stereocenters. The van der Waals surface area contributed by atoms with Gasteiger partial charge in [-0.05, 0) is 134 Å². The fourth-order valence-electron chi connectivity index (χ4n) is 8.39. The molecule has 2 amide bonds. The molecule has 6 aromatic carbocycles. The number of nitrogens with one attached hydrogen (secondary N) is 2. The van der Waals surface area contributed by atoms with Gasteiger partial charge in [0.15, 0.2) is 0 Å². The number of hydrogen-bond donors (Lipinski definition) is 2. The van der Waals surface area contributed by atoms with Crippen LogP contribution in [-0.4, -0.2) is 61.5 Å². The van der Waals surface area contributed by atoms with Crippen LogP contribution in [0.25, 0.3) is 44.2 Å². The Balaban J connectivity index is 0.000000252. The van der Waals surface area contributed by atoms with Gasteiger partial charge in [-0.3, -0.25) is 9.59 Å². The molecule has 0 spiro atoms. The number of anilines is 2. The SMILES string of the molecule is Cc1cc2oc(=O)c(CC(=O)Nc3ccc(F)cc3C(F)(F)F)c(-c3cccc(CCC(=O)[O-])c3)c2cc1Cl.Cc1cc2oc(=O)c(CC(=O)Nc3ccc(F)cc3C(F)(F)F)c(-c3cccc(CCC(=O)[O-])c3)c2cc1Cl.[Ca+2]. The largest absolute Gasteiger partial charge is 2.00 e. The summed E-state index contributed by atoms with van der Waals surface area (Å²) in [5.74, 6) is -6.72. The van der Waals surface area contributed by atoms with Crippen LogP contribution in [0, 0.1) is 25.5 Å². The molecule has 8 rings (SSSR count). The summed E-state index contributed by atoms with van der Waals surface area (Å²) in [6.45, 7) is 3.40. The predicted octanol–water partition coefficient (Wildman–Crippen LogP) is 10.5. The predicted molar refractivity (Wildman–Crippen MR) is 275 cm³/mol. The molecule has 2 heterocycles. The van der Waals surface area contributed by atoms with Crippen molar-refractivity contribution >= 4 is 118 Å². The number of carboxylic acids is 2. The van der Waals surface area contributed by atoms with Crippen molar-refractivity contribution in [1.29, 1.82) is 0 Å². The van der Waals surface area contributed by atoms with Crippen molar-refractivity contribution in [3.63, 3.8) is 0 Å². The standard InChI is InChI=1S/2C28H20ClF4NO5.Ca/c2*1-14-9-23-18(12-21(14)29)26(16-4-2-3-15(10-16)5-8-25(36)37)19(27(38)39-23)13-24(35)34-22-7-6-17(30)11-20(22)28(31,32)33;/h2*2-4,6-7,9-12H,5,8,13H2,1H3,(H,34,35)(H,36,37);/q;;+2/p-2. The average molecular weight is 1160 g/mol. The number of amides is 2. The van der Waals surface area contributed by atoms with E-state index in [1.165, 1.54) is 0 Å². The first-order valence-corrected chi connectivity index (χ1v) is 23.9. The van der Waals surface area contributed by atoms with Gasteiger partial charge < -0.3 is 39.3 Å². The number of aliphatic carboxylic acids is 2. The summed E-state index contributed by atoms with van der Waals surface area (Å²) in [5, 5.41) is 27.5. The van der Waals surface area contributed by atoms with E-state index in [4.69, 9.17) is 32.0 Å². The molecule has 404 valence electrons. The van der Waals surface area contributed by atoms with Crippen molar-refractivity contribution in [3.8, 4) is 22.3 Å². The molecule has 0 fully saturated rings. The zero-order valence-corrected chi connectivity index (χ0v) is 44.9. The molecule has 0 bridgehead atoms. The van der Waals surface area contributed by atoms with E-state index in [0.29, 0.717) is 54.2 Å². The maximum absolute atomic E-state index is 13.5. The minimum Gasteiger partial charge on any atom is -0.550 e. The number of carbonyl (C=O) groups is 4. The molecular weight excluding hydrogens is 1120 g/mol. The second-order valence-corrected chi connectivity index (χ2v) is 18.5. The van der Waals surface area contributed by atoms with Crippen LogP contribution in [0.2, 0.25) is 10.0 Å². The third-order valence-electron chi connectivity index (χ3n) is 12.0. The number of alkyl halides is 6. The molecular formula is C56H38CaCl2F8N2O10. The van der Waals surface area contributed by atoms with Crippen LogP contribution in [0.15, 0.2) is 128 Å². The van der Waals surface area contributed by atoms with Gasteiger partial charge in [-0.15, -0.1) is 0 Å². The van der Waals surface area contributed by atoms with E-state index >= 15 is 0 Å². The number of benzene rings is 6. The second kappa shape index (κ2) is 25.3. The van der Waals surface area contributed by atoms with Gasteiger partial charge in [0, 0.05) is 43.9 Å². The van der Waals surface area contributed by atoms with Crippen LogP contribution >= 0.6 is 23.2 Å². The Labute approximate surface area is 482 Å². The number of carboxylic acid groups (broad SMARTS) is 2. The third kappa shape index (κ3) is 15.2. The van der Waals surface area contributed by atoms with Gasteiger partial charge >= 0.3 is 61.3 Å². The summed E-state index contributed by atoms with van der Waals surface area (Å²) in [6, 6.07) is 22.9. The molecule has 12 nitrogen and oxygen atoms in total. The van der Waals surface area contributed by atoms with Crippen LogP contribution < -0.4 is 32.1 Å². The fourth-order valence-corrected chi connectivity index (χ4v) is 8.72. The second-order valence-electron chi connectivity index (χ2n) is 17.7. The number of fused-ring (bicyclic) bond motifs is 2. The maximum Gasteiger partial charge on any atom is 2.00 e. The van der Waals surface area contributed by atoms with Crippen LogP contribution in [0.4, 0.5) is 46.5 Å². The Morgan fingerprint density at radius 1 is 0.544 bits per heavy atom. The zero-order chi connectivity index (χ0) is 57.0. The molecule has 0 saturated carbocycles. The summed E-state index contributed by atoms with van der Waals surface area (Å²) in [7, 11) is 0. The van der Waals surface area contributed by atoms with Gasteiger partial charge in [0.25, 0.3) is 0 Å². The van der Waals surface area contributed by atoms with E-state index in [0.717, 1.165) is 24.3 Å². The summed E-state index contributed by atoms with van der Waals surface area (Å²) in [4.78, 5) is 73.9. The topological polar surface area (TPSA) is 199 Å². The molecule has 0 radical (unpaired) electrons. The molecule has 0 aliphatic heterocycles. The smallest absolute Gasteiger partial charge is 0.550 e. The van der Waals surface area contributed by atoms with E-state index in [1.807, 2.05) is 0 Å². The van der Waals surface area contributed by atoms with Crippen molar-refractivity contribution in [3.05, 3.63) is 196 Å². The Bertz CT molecular complexity index is 3580. The normalized spacial score (nSPS) is 11.4. The van der Waals surface area contributed by atoms with Crippen molar-refractivity contribution in [2.24, 2.45) is 0 Å². The fraction of sp³-hybridized carbons (Fsp3) is 0.179. The number of hydrogen-bond acceptors (Lipinski definition) is 10. The van der Waals surface area contributed by atoms with E-state index in [9.17, 15) is 74.1 Å². The Hall–Kier alpha value is -7.10. The van der Waals surface area contributed by atoms with E-state index in [2.05, 4.69) is 10.6 Å². The number of rotatable bonds is 14. The first-order valence-electron chi connectivity index (χ1n) is 23.1. The Kier molecular flexibility index (Phi) is 19.6. The molecule has 0 saturated heterocycles. The summed E-state index contributed by atoms with van der Waals surface area (Å²) < 4.78 is 118. The zero-order valence-electron chi connectivity index (χ0n) is 41.2. The van der Waals surface area contributed by atoms with E-state index < -0.39 is 94.3 Å². The van der Waals surface area contributed by atoms with Gasteiger partial charge in [-0.1, -0.05) is 71.7 Å². The van der Waals surface area contributed by atoms with Gasteiger partial charge in [-0.2, -0.15) is 26.3 Å². The van der Waals surface area contributed by atoms with Crippen LogP contribution in [0.3, 0.4) is 0 Å². The molecule has 0 aliphatic rings. The molecule has 8 aromatic rings. The first kappa shape index (κ1) is 61.1. The summed E-state index contributed by atoms with van der Waals surface area (Å²) in [6.07, 6.45) is -11.5. The van der Waals surface area contributed by atoms with Crippen molar-refractivity contribution < 1.29 is 73.3 Å². The Morgan fingerprint density at radius 3 is 1.25 bits per heavy atom. The van der Waals surface area contributed by atoms with Gasteiger partial charge in [0.2, 0.25) is 11.8 Å².